The van der Waals surface area contributed by atoms with Crippen molar-refractivity contribution in [3.05, 3.63) is 0 Å². The van der Waals surface area contributed by atoms with Gasteiger partial charge in [0.1, 0.15) is 0 Å². The minimum Gasteiger partial charge on any atom is -0.346 e. The van der Waals surface area contributed by atoms with Crippen LogP contribution < -0.4 is 0 Å². The number of hydrogen-bond donors (Lipinski definition) is 0. The molecule has 0 radical (unpaired) electrons. The van der Waals surface area contributed by atoms with Crippen molar-refractivity contribution >= 4 is 9.05 Å². The van der Waals surface area contributed by atoms with Gasteiger partial charge in [-0.3, -0.25) is 0 Å². The maximum atomic E-state index is 6.99. The largest absolute Gasteiger partial charge is 0.681 e. The van der Waals surface area contributed by atoms with Crippen molar-refractivity contribution in [2.45, 2.75) is 105 Å². The molecule has 0 aromatic heterocycles. The van der Waals surface area contributed by atoms with Gasteiger partial charge in [0.2, 0.25) is 0 Å². The lowest BCUT2D eigenvalue weighted by Crippen LogP contribution is -2.66. The highest BCUT2D eigenvalue weighted by atomic mass is 28.4. The summed E-state index contributed by atoms with van der Waals surface area (Å²) >= 11 is 0. The molecule has 7 heteroatoms. The predicted octanol–water partition coefficient (Wildman–Crippen LogP) is 5.04. The topological polar surface area (TPSA) is 43.4 Å². The van der Waals surface area contributed by atoms with Gasteiger partial charge in [-0.15, -0.1) is 0 Å². The molecule has 31 heavy (non-hydrogen) atoms. The summed E-state index contributed by atoms with van der Waals surface area (Å²) in [7, 11) is 4.60. The van der Waals surface area contributed by atoms with Crippen molar-refractivity contribution in [1.82, 2.24) is 9.80 Å². The SMILES string of the molecule is CC(C)C(C)(CN(C)C)O[Si](OC(C)(C)C)(OC(C)(C)C)OC(C)(CN(C)C)C(C)C. The monoisotopic (exact) mass is 462 g/mol. The molecule has 0 saturated carbocycles. The molecule has 0 N–H and O–H groups in total. The Balaban J connectivity index is 6.69. The fraction of sp³-hybridized carbons (Fsp3) is 1.00. The second-order valence-corrected chi connectivity index (χ2v) is 14.4. The summed E-state index contributed by atoms with van der Waals surface area (Å²) in [4.78, 5) is 4.30. The van der Waals surface area contributed by atoms with Gasteiger partial charge in [-0.25, -0.2) is 0 Å². The number of hydrogen-bond acceptors (Lipinski definition) is 6. The average molecular weight is 463 g/mol. The summed E-state index contributed by atoms with van der Waals surface area (Å²) in [6, 6.07) is 0. The quantitative estimate of drug-likeness (QED) is 0.379. The molecular formula is C24H54N2O4Si. The molecule has 0 saturated heterocycles. The Morgan fingerprint density at radius 2 is 0.806 bits per heavy atom. The van der Waals surface area contributed by atoms with Crippen LogP contribution in [-0.4, -0.2) is 82.5 Å². The highest BCUT2D eigenvalue weighted by Crippen LogP contribution is 2.38. The Hall–Kier alpha value is -0.0231. The summed E-state index contributed by atoms with van der Waals surface area (Å²) in [5.74, 6) is 0.466. The molecule has 0 bridgehead atoms. The van der Waals surface area contributed by atoms with Crippen LogP contribution in [0.3, 0.4) is 0 Å². The van der Waals surface area contributed by atoms with Crippen molar-refractivity contribution in [1.29, 1.82) is 0 Å². The third-order valence-corrected chi connectivity index (χ3v) is 8.44. The fourth-order valence-corrected chi connectivity index (χ4v) is 6.86. The summed E-state index contributed by atoms with van der Waals surface area (Å²) in [5, 5.41) is 0. The second kappa shape index (κ2) is 10.9. The second-order valence-electron chi connectivity index (χ2n) is 12.5. The zero-order valence-electron chi connectivity index (χ0n) is 23.6. The molecule has 0 fully saturated rings. The molecule has 188 valence electrons. The van der Waals surface area contributed by atoms with Crippen LogP contribution in [0.5, 0.6) is 0 Å². The summed E-state index contributed by atoms with van der Waals surface area (Å²) in [6.45, 7) is 26.7. The van der Waals surface area contributed by atoms with E-state index in [1.54, 1.807) is 0 Å². The Kier molecular flexibility index (Phi) is 10.9. The molecule has 0 rings (SSSR count). The molecule has 2 atom stereocenters. The van der Waals surface area contributed by atoms with Crippen LogP contribution in [0.1, 0.15) is 83.1 Å². The number of nitrogens with zero attached hydrogens (tertiary/aromatic N) is 2. The molecule has 0 aliphatic heterocycles. The molecule has 6 nitrogen and oxygen atoms in total. The van der Waals surface area contributed by atoms with Gasteiger partial charge in [0, 0.05) is 13.1 Å². The van der Waals surface area contributed by atoms with E-state index in [9.17, 15) is 0 Å². The molecule has 0 spiro atoms. The van der Waals surface area contributed by atoms with Crippen LogP contribution in [0.15, 0.2) is 0 Å². The first kappa shape index (κ1) is 31.0. The summed E-state index contributed by atoms with van der Waals surface area (Å²) in [6.07, 6.45) is 0. The number of likely N-dealkylation sites (N-methyl/N-ethyl adjacent to an activating group) is 2. The van der Waals surface area contributed by atoms with E-state index in [4.69, 9.17) is 17.7 Å². The molecule has 0 heterocycles. The van der Waals surface area contributed by atoms with E-state index in [2.05, 4.69) is 79.5 Å². The Morgan fingerprint density at radius 1 is 0.548 bits per heavy atom. The normalized spacial score (nSPS) is 18.2. The Bertz CT molecular complexity index is 493. The van der Waals surface area contributed by atoms with Gasteiger partial charge < -0.3 is 27.5 Å². The van der Waals surface area contributed by atoms with Crippen molar-refractivity contribution in [3.8, 4) is 0 Å². The minimum atomic E-state index is -3.65. The predicted molar refractivity (Wildman–Crippen MR) is 133 cm³/mol. The van der Waals surface area contributed by atoms with Crippen molar-refractivity contribution in [3.63, 3.8) is 0 Å². The van der Waals surface area contributed by atoms with Crippen LogP contribution in [0.2, 0.25) is 0 Å². The third-order valence-electron chi connectivity index (χ3n) is 5.28. The van der Waals surface area contributed by atoms with Crippen LogP contribution in [0, 0.1) is 11.8 Å². The van der Waals surface area contributed by atoms with Gasteiger partial charge in [0.15, 0.2) is 0 Å². The van der Waals surface area contributed by atoms with E-state index in [1.807, 2.05) is 41.5 Å². The molecule has 2 unspecified atom stereocenters. The molecular weight excluding hydrogens is 408 g/mol. The fourth-order valence-electron chi connectivity index (χ4n) is 3.37. The average Bonchev–Trinajstić information content (AvgIpc) is 2.39. The zero-order valence-corrected chi connectivity index (χ0v) is 24.6. The Morgan fingerprint density at radius 3 is 0.968 bits per heavy atom. The van der Waals surface area contributed by atoms with E-state index in [-0.39, 0.29) is 11.8 Å². The molecule has 0 amide bonds. The third kappa shape index (κ3) is 11.1. The highest BCUT2D eigenvalue weighted by molar-refractivity contribution is 6.54. The first-order valence-corrected chi connectivity index (χ1v) is 13.3. The van der Waals surface area contributed by atoms with Crippen molar-refractivity contribution < 1.29 is 17.7 Å². The van der Waals surface area contributed by atoms with E-state index in [1.165, 1.54) is 0 Å². The van der Waals surface area contributed by atoms with Gasteiger partial charge in [-0.05, 0) is 95.4 Å². The Labute approximate surface area is 195 Å². The standard InChI is InChI=1S/C24H54N2O4Si/c1-19(2)23(11,17-25(13)14)29-31(27-21(5,6)7,28-22(8,9)10)30-24(12,20(3)4)18-26(15)16/h19-20H,17-18H2,1-16H3. The van der Waals surface area contributed by atoms with Crippen molar-refractivity contribution in [2.75, 3.05) is 41.3 Å². The lowest BCUT2D eigenvalue weighted by Gasteiger charge is -2.49. The molecule has 0 aromatic rings. The first-order valence-electron chi connectivity index (χ1n) is 11.6. The zero-order chi connectivity index (χ0) is 25.1. The van der Waals surface area contributed by atoms with Crippen molar-refractivity contribution in [2.24, 2.45) is 11.8 Å². The maximum absolute atomic E-state index is 6.99. The molecule has 0 aliphatic rings. The van der Waals surface area contributed by atoms with Gasteiger partial charge in [-0.2, -0.15) is 0 Å². The maximum Gasteiger partial charge on any atom is 0.681 e. The molecule has 0 aromatic carbocycles. The van der Waals surface area contributed by atoms with E-state index in [0.29, 0.717) is 0 Å². The lowest BCUT2D eigenvalue weighted by atomic mass is 9.92. The molecule has 0 aliphatic carbocycles. The van der Waals surface area contributed by atoms with Crippen LogP contribution in [0.25, 0.3) is 0 Å². The van der Waals surface area contributed by atoms with Gasteiger partial charge in [-0.1, -0.05) is 27.7 Å². The van der Waals surface area contributed by atoms with E-state index >= 15 is 0 Å². The van der Waals surface area contributed by atoms with Crippen LogP contribution >= 0.6 is 0 Å². The van der Waals surface area contributed by atoms with E-state index in [0.717, 1.165) is 13.1 Å². The van der Waals surface area contributed by atoms with Gasteiger partial charge in [0.25, 0.3) is 0 Å². The van der Waals surface area contributed by atoms with Crippen LogP contribution in [0.4, 0.5) is 0 Å². The first-order chi connectivity index (χ1) is 13.5. The summed E-state index contributed by atoms with van der Waals surface area (Å²) < 4.78 is 27.4. The van der Waals surface area contributed by atoms with Crippen LogP contribution in [-0.2, 0) is 17.7 Å². The van der Waals surface area contributed by atoms with Gasteiger partial charge in [0.05, 0.1) is 22.4 Å². The number of rotatable bonds is 12. The highest BCUT2D eigenvalue weighted by Gasteiger charge is 2.60. The minimum absolute atomic E-state index is 0.233. The lowest BCUT2D eigenvalue weighted by molar-refractivity contribution is -0.186. The smallest absolute Gasteiger partial charge is 0.346 e. The van der Waals surface area contributed by atoms with E-state index < -0.39 is 31.5 Å². The summed E-state index contributed by atoms with van der Waals surface area (Å²) in [5.41, 5.74) is -2.02. The van der Waals surface area contributed by atoms with Gasteiger partial charge >= 0.3 is 9.05 Å².